The summed E-state index contributed by atoms with van der Waals surface area (Å²) in [7, 11) is -3.30. The van der Waals surface area contributed by atoms with E-state index in [1.165, 1.54) is 0 Å². The summed E-state index contributed by atoms with van der Waals surface area (Å²) in [4.78, 5) is 0. The van der Waals surface area contributed by atoms with Crippen LogP contribution in [0.25, 0.3) is 0 Å². The quantitative estimate of drug-likeness (QED) is 0.733. The van der Waals surface area contributed by atoms with Gasteiger partial charge in [-0.05, 0) is 30.6 Å². The van der Waals surface area contributed by atoms with E-state index in [1.54, 1.807) is 0 Å². The molecular formula is C13H24O3S. The smallest absolute Gasteiger partial charge is 0.266 e. The Bertz CT molecular complexity index is 387. The van der Waals surface area contributed by atoms with E-state index in [0.717, 1.165) is 25.7 Å². The lowest BCUT2D eigenvalue weighted by Gasteiger charge is -2.24. The summed E-state index contributed by atoms with van der Waals surface area (Å²) in [6.07, 6.45) is 3.71. The van der Waals surface area contributed by atoms with Gasteiger partial charge in [0.15, 0.2) is 0 Å². The predicted molar refractivity (Wildman–Crippen MR) is 68.2 cm³/mol. The van der Waals surface area contributed by atoms with Crippen molar-refractivity contribution in [1.29, 1.82) is 0 Å². The number of hydrogen-bond donors (Lipinski definition) is 0. The molecular weight excluding hydrogens is 236 g/mol. The van der Waals surface area contributed by atoms with Gasteiger partial charge >= 0.3 is 0 Å². The molecule has 2 aliphatic rings. The Morgan fingerprint density at radius 2 is 2.00 bits per heavy atom. The zero-order valence-corrected chi connectivity index (χ0v) is 12.1. The van der Waals surface area contributed by atoms with Crippen molar-refractivity contribution in [2.75, 3.05) is 0 Å². The summed E-state index contributed by atoms with van der Waals surface area (Å²) in [6, 6.07) is 0. The molecule has 2 rings (SSSR count). The average Bonchev–Trinajstić information content (AvgIpc) is 2.60. The third-order valence-electron chi connectivity index (χ3n) is 4.56. The van der Waals surface area contributed by atoms with Gasteiger partial charge in [0.2, 0.25) is 0 Å². The van der Waals surface area contributed by atoms with Crippen molar-refractivity contribution in [3.05, 3.63) is 0 Å². The first-order valence-electron chi connectivity index (χ1n) is 6.69. The summed E-state index contributed by atoms with van der Waals surface area (Å²) >= 11 is 0. The van der Waals surface area contributed by atoms with Gasteiger partial charge in [0.1, 0.15) is 0 Å². The minimum Gasteiger partial charge on any atom is -0.266 e. The Morgan fingerprint density at radius 1 is 1.35 bits per heavy atom. The van der Waals surface area contributed by atoms with Crippen LogP contribution < -0.4 is 0 Å². The van der Waals surface area contributed by atoms with Gasteiger partial charge in [0, 0.05) is 5.92 Å². The van der Waals surface area contributed by atoms with E-state index >= 15 is 0 Å². The summed E-state index contributed by atoms with van der Waals surface area (Å²) in [6.45, 7) is 8.61. The summed E-state index contributed by atoms with van der Waals surface area (Å²) in [5.41, 5.74) is 0.278. The maximum atomic E-state index is 12.0. The highest BCUT2D eigenvalue weighted by Crippen LogP contribution is 2.52. The Labute approximate surface area is 105 Å². The van der Waals surface area contributed by atoms with E-state index in [0.29, 0.717) is 5.92 Å². The topological polar surface area (TPSA) is 43.4 Å². The maximum absolute atomic E-state index is 12.0. The van der Waals surface area contributed by atoms with E-state index in [-0.39, 0.29) is 22.7 Å². The number of fused-ring (bicyclic) bond motifs is 1. The van der Waals surface area contributed by atoms with E-state index in [1.807, 2.05) is 0 Å². The van der Waals surface area contributed by atoms with E-state index in [9.17, 15) is 8.42 Å². The van der Waals surface area contributed by atoms with Gasteiger partial charge in [-0.3, -0.25) is 4.18 Å². The van der Waals surface area contributed by atoms with Crippen LogP contribution in [0.2, 0.25) is 0 Å². The molecule has 4 atom stereocenters. The van der Waals surface area contributed by atoms with Gasteiger partial charge in [-0.2, -0.15) is 8.42 Å². The minimum absolute atomic E-state index is 0.0475. The van der Waals surface area contributed by atoms with Gasteiger partial charge in [-0.25, -0.2) is 0 Å². The molecule has 0 spiro atoms. The Kier molecular flexibility index (Phi) is 3.32. The van der Waals surface area contributed by atoms with E-state index in [2.05, 4.69) is 27.7 Å². The molecule has 1 saturated carbocycles. The van der Waals surface area contributed by atoms with Crippen molar-refractivity contribution >= 4 is 10.1 Å². The molecule has 100 valence electrons. The monoisotopic (exact) mass is 260 g/mol. The van der Waals surface area contributed by atoms with E-state index < -0.39 is 10.1 Å². The fourth-order valence-electron chi connectivity index (χ4n) is 3.40. The molecule has 3 nitrogen and oxygen atoms in total. The zero-order valence-electron chi connectivity index (χ0n) is 11.3. The van der Waals surface area contributed by atoms with Crippen LogP contribution in [0.4, 0.5) is 0 Å². The average molecular weight is 260 g/mol. The largest absolute Gasteiger partial charge is 0.270 e. The van der Waals surface area contributed by atoms with Crippen LogP contribution in [0.15, 0.2) is 0 Å². The Balaban J connectivity index is 2.20. The third-order valence-corrected chi connectivity index (χ3v) is 6.36. The normalized spacial score (nSPS) is 44.2. The van der Waals surface area contributed by atoms with Crippen molar-refractivity contribution in [2.24, 2.45) is 17.3 Å². The second kappa shape index (κ2) is 4.23. The molecule has 0 amide bonds. The van der Waals surface area contributed by atoms with Gasteiger partial charge < -0.3 is 0 Å². The van der Waals surface area contributed by atoms with Crippen LogP contribution in [0.3, 0.4) is 0 Å². The molecule has 4 unspecified atom stereocenters. The molecule has 1 heterocycles. The summed E-state index contributed by atoms with van der Waals surface area (Å²) in [5.74, 6) is 0.637. The first kappa shape index (κ1) is 13.3. The lowest BCUT2D eigenvalue weighted by Crippen LogP contribution is -2.26. The van der Waals surface area contributed by atoms with Crippen LogP contribution in [0, 0.1) is 17.3 Å². The van der Waals surface area contributed by atoms with Gasteiger partial charge in [-0.15, -0.1) is 0 Å². The van der Waals surface area contributed by atoms with Gasteiger partial charge in [0.05, 0.1) is 11.4 Å². The molecule has 17 heavy (non-hydrogen) atoms. The van der Waals surface area contributed by atoms with Crippen molar-refractivity contribution in [2.45, 2.75) is 64.7 Å². The van der Waals surface area contributed by atoms with E-state index in [4.69, 9.17) is 4.18 Å². The SMILES string of the molecule is CCC1(C)CC2OS(=O)(=O)C(CC(C)C)C2C1. The minimum atomic E-state index is -3.30. The molecule has 1 aliphatic heterocycles. The van der Waals surface area contributed by atoms with Crippen LogP contribution in [-0.2, 0) is 14.3 Å². The number of hydrogen-bond acceptors (Lipinski definition) is 3. The molecule has 1 saturated heterocycles. The first-order chi connectivity index (χ1) is 7.77. The fraction of sp³-hybridized carbons (Fsp3) is 1.00. The lowest BCUT2D eigenvalue weighted by molar-refractivity contribution is 0.194. The number of rotatable bonds is 3. The lowest BCUT2D eigenvalue weighted by atomic mass is 9.84. The highest BCUT2D eigenvalue weighted by Gasteiger charge is 2.55. The van der Waals surface area contributed by atoms with Crippen LogP contribution in [0.5, 0.6) is 0 Å². The predicted octanol–water partition coefficient (Wildman–Crippen LogP) is 2.96. The van der Waals surface area contributed by atoms with Gasteiger partial charge in [-0.1, -0.05) is 34.1 Å². The Morgan fingerprint density at radius 3 is 2.53 bits per heavy atom. The molecule has 1 aliphatic carbocycles. The van der Waals surface area contributed by atoms with Crippen LogP contribution >= 0.6 is 0 Å². The fourth-order valence-corrected chi connectivity index (χ4v) is 5.42. The first-order valence-corrected chi connectivity index (χ1v) is 8.16. The van der Waals surface area contributed by atoms with Crippen molar-refractivity contribution in [3.8, 4) is 0 Å². The second-order valence-electron chi connectivity index (χ2n) is 6.53. The summed E-state index contributed by atoms with van der Waals surface area (Å²) < 4.78 is 29.3. The molecule has 0 aromatic carbocycles. The van der Waals surface area contributed by atoms with Crippen LogP contribution in [-0.4, -0.2) is 19.8 Å². The van der Waals surface area contributed by atoms with Crippen molar-refractivity contribution in [1.82, 2.24) is 0 Å². The Hall–Kier alpha value is -0.0900. The highest BCUT2D eigenvalue weighted by molar-refractivity contribution is 7.87. The molecule has 0 radical (unpaired) electrons. The maximum Gasteiger partial charge on any atom is 0.270 e. The molecule has 0 aromatic rings. The molecule has 2 fully saturated rings. The zero-order chi connectivity index (χ0) is 12.8. The summed E-state index contributed by atoms with van der Waals surface area (Å²) in [5, 5.41) is -0.263. The van der Waals surface area contributed by atoms with Crippen LogP contribution in [0.1, 0.15) is 53.4 Å². The van der Waals surface area contributed by atoms with Gasteiger partial charge in [0.25, 0.3) is 10.1 Å². The standard InChI is InChI=1S/C13H24O3S/c1-5-13(4)7-10-11(8-13)16-17(14,15)12(10)6-9(2)3/h9-12H,5-8H2,1-4H3. The molecule has 0 bridgehead atoms. The van der Waals surface area contributed by atoms with Crippen molar-refractivity contribution < 1.29 is 12.6 Å². The third kappa shape index (κ3) is 2.39. The molecule has 0 N–H and O–H groups in total. The highest BCUT2D eigenvalue weighted by atomic mass is 32.2. The van der Waals surface area contributed by atoms with Crippen molar-refractivity contribution in [3.63, 3.8) is 0 Å². The second-order valence-corrected chi connectivity index (χ2v) is 8.32. The molecule has 4 heteroatoms. The molecule has 0 aromatic heterocycles.